The predicted molar refractivity (Wildman–Crippen MR) is 84.7 cm³/mol. The number of carbonyl (C=O) groups excluding carboxylic acids is 1. The Labute approximate surface area is 127 Å². The van der Waals surface area contributed by atoms with Gasteiger partial charge in [0.1, 0.15) is 0 Å². The van der Waals surface area contributed by atoms with Crippen molar-refractivity contribution < 1.29 is 4.79 Å². The number of hydrogen-bond acceptors (Lipinski definition) is 2. The quantitative estimate of drug-likeness (QED) is 0.815. The second-order valence-electron chi connectivity index (χ2n) is 4.17. The lowest BCUT2D eigenvalue weighted by Gasteiger charge is -2.20. The minimum absolute atomic E-state index is 0.355. The Morgan fingerprint density at radius 1 is 1.20 bits per heavy atom. The highest BCUT2D eigenvalue weighted by atomic mass is 35.5. The SMILES string of the molecule is CN(C(=O)Nc1ccccc1Cl)c1cc(Cl)ccc1N. The zero-order chi connectivity index (χ0) is 14.7. The molecule has 0 fully saturated rings. The van der Waals surface area contributed by atoms with Gasteiger partial charge in [-0.25, -0.2) is 4.79 Å². The average Bonchev–Trinajstić information content (AvgIpc) is 2.43. The van der Waals surface area contributed by atoms with Crippen molar-refractivity contribution >= 4 is 46.3 Å². The van der Waals surface area contributed by atoms with Gasteiger partial charge in [-0.2, -0.15) is 0 Å². The van der Waals surface area contributed by atoms with Crippen LogP contribution in [0.15, 0.2) is 42.5 Å². The van der Waals surface area contributed by atoms with Crippen molar-refractivity contribution in [3.63, 3.8) is 0 Å². The zero-order valence-electron chi connectivity index (χ0n) is 10.7. The maximum atomic E-state index is 12.2. The first kappa shape index (κ1) is 14.5. The topological polar surface area (TPSA) is 58.4 Å². The van der Waals surface area contributed by atoms with E-state index in [0.29, 0.717) is 27.1 Å². The summed E-state index contributed by atoms with van der Waals surface area (Å²) in [5.74, 6) is 0. The van der Waals surface area contributed by atoms with E-state index < -0.39 is 0 Å². The van der Waals surface area contributed by atoms with E-state index in [1.165, 1.54) is 4.90 Å². The molecule has 0 radical (unpaired) electrons. The number of nitrogens with two attached hydrogens (primary N) is 1. The Balaban J connectivity index is 2.21. The van der Waals surface area contributed by atoms with Gasteiger partial charge < -0.3 is 11.1 Å². The summed E-state index contributed by atoms with van der Waals surface area (Å²) in [4.78, 5) is 13.6. The molecule has 0 atom stereocenters. The molecular weight excluding hydrogens is 297 g/mol. The van der Waals surface area contributed by atoms with Crippen LogP contribution in [-0.4, -0.2) is 13.1 Å². The summed E-state index contributed by atoms with van der Waals surface area (Å²) < 4.78 is 0. The van der Waals surface area contributed by atoms with Crippen LogP contribution in [0.2, 0.25) is 10.0 Å². The first-order valence-electron chi connectivity index (χ1n) is 5.83. The van der Waals surface area contributed by atoms with Gasteiger partial charge in [-0.1, -0.05) is 35.3 Å². The number of anilines is 3. The summed E-state index contributed by atoms with van der Waals surface area (Å²) in [6.45, 7) is 0. The standard InChI is InChI=1S/C14H13Cl2N3O/c1-19(13-8-9(15)6-7-11(13)17)14(20)18-12-5-3-2-4-10(12)16/h2-8H,17H2,1H3,(H,18,20). The van der Waals surface area contributed by atoms with Crippen molar-refractivity contribution in [1.82, 2.24) is 0 Å². The summed E-state index contributed by atoms with van der Waals surface area (Å²) in [7, 11) is 1.61. The summed E-state index contributed by atoms with van der Waals surface area (Å²) in [5, 5.41) is 3.68. The normalized spacial score (nSPS) is 10.2. The Hall–Kier alpha value is -1.91. The van der Waals surface area contributed by atoms with Crippen LogP contribution in [0.4, 0.5) is 21.9 Å². The molecule has 0 aliphatic heterocycles. The van der Waals surface area contributed by atoms with E-state index in [9.17, 15) is 4.79 Å². The number of nitrogens with zero attached hydrogens (tertiary/aromatic N) is 1. The van der Waals surface area contributed by atoms with Gasteiger partial charge in [0.2, 0.25) is 0 Å². The first-order valence-corrected chi connectivity index (χ1v) is 6.59. The molecule has 0 heterocycles. The van der Waals surface area contributed by atoms with Gasteiger partial charge in [0.05, 0.1) is 22.1 Å². The largest absolute Gasteiger partial charge is 0.397 e. The average molecular weight is 310 g/mol. The number of nitrogens with one attached hydrogen (secondary N) is 1. The van der Waals surface area contributed by atoms with Gasteiger partial charge in [-0.15, -0.1) is 0 Å². The fraction of sp³-hybridized carbons (Fsp3) is 0.0714. The number of benzene rings is 2. The van der Waals surface area contributed by atoms with Crippen molar-refractivity contribution in [2.45, 2.75) is 0 Å². The van der Waals surface area contributed by atoms with Crippen molar-refractivity contribution in [2.24, 2.45) is 0 Å². The van der Waals surface area contributed by atoms with E-state index in [1.807, 2.05) is 0 Å². The second kappa shape index (κ2) is 6.03. The van der Waals surface area contributed by atoms with Crippen LogP contribution in [-0.2, 0) is 0 Å². The number of para-hydroxylation sites is 1. The maximum absolute atomic E-state index is 12.2. The molecule has 0 unspecified atom stereocenters. The lowest BCUT2D eigenvalue weighted by molar-refractivity contribution is 0.258. The molecular formula is C14H13Cl2N3O. The second-order valence-corrected chi connectivity index (χ2v) is 5.02. The number of nitrogen functional groups attached to an aromatic ring is 1. The van der Waals surface area contributed by atoms with Crippen LogP contribution in [0.1, 0.15) is 0 Å². The van der Waals surface area contributed by atoms with E-state index in [1.54, 1.807) is 49.5 Å². The third kappa shape index (κ3) is 3.15. The number of amides is 2. The predicted octanol–water partition coefficient (Wildman–Crippen LogP) is 4.24. The molecule has 104 valence electrons. The number of halogens is 2. The smallest absolute Gasteiger partial charge is 0.326 e. The molecule has 20 heavy (non-hydrogen) atoms. The van der Waals surface area contributed by atoms with Crippen molar-refractivity contribution in [3.8, 4) is 0 Å². The number of rotatable bonds is 2. The van der Waals surface area contributed by atoms with Gasteiger partial charge in [-0.05, 0) is 30.3 Å². The monoisotopic (exact) mass is 309 g/mol. The molecule has 6 heteroatoms. The third-order valence-corrected chi connectivity index (χ3v) is 3.34. The number of urea groups is 1. The van der Waals surface area contributed by atoms with E-state index >= 15 is 0 Å². The zero-order valence-corrected chi connectivity index (χ0v) is 12.2. The molecule has 0 aliphatic rings. The molecule has 0 spiro atoms. The highest BCUT2D eigenvalue weighted by Gasteiger charge is 2.15. The summed E-state index contributed by atoms with van der Waals surface area (Å²) in [6, 6.07) is 11.6. The summed E-state index contributed by atoms with van der Waals surface area (Å²) >= 11 is 11.9. The molecule has 2 rings (SSSR count). The van der Waals surface area contributed by atoms with E-state index in [4.69, 9.17) is 28.9 Å². The fourth-order valence-corrected chi connectivity index (χ4v) is 2.03. The minimum Gasteiger partial charge on any atom is -0.397 e. The van der Waals surface area contributed by atoms with Crippen LogP contribution in [0, 0.1) is 0 Å². The van der Waals surface area contributed by atoms with Gasteiger partial charge in [0, 0.05) is 12.1 Å². The number of carbonyl (C=O) groups is 1. The molecule has 0 saturated heterocycles. The summed E-state index contributed by atoms with van der Waals surface area (Å²) in [5.41, 5.74) is 7.37. The Morgan fingerprint density at radius 2 is 1.90 bits per heavy atom. The molecule has 0 aromatic heterocycles. The molecule has 2 aromatic rings. The Bertz CT molecular complexity index is 646. The van der Waals surface area contributed by atoms with Gasteiger partial charge in [0.15, 0.2) is 0 Å². The molecule has 0 saturated carbocycles. The van der Waals surface area contributed by atoms with Crippen molar-refractivity contribution in [2.75, 3.05) is 23.0 Å². The van der Waals surface area contributed by atoms with Crippen LogP contribution in [0.25, 0.3) is 0 Å². The van der Waals surface area contributed by atoms with Crippen LogP contribution < -0.4 is 16.0 Å². The molecule has 0 bridgehead atoms. The highest BCUT2D eigenvalue weighted by Crippen LogP contribution is 2.27. The van der Waals surface area contributed by atoms with Crippen molar-refractivity contribution in [3.05, 3.63) is 52.5 Å². The number of hydrogen-bond donors (Lipinski definition) is 2. The van der Waals surface area contributed by atoms with E-state index in [-0.39, 0.29) is 6.03 Å². The Kier molecular flexibility index (Phi) is 4.37. The fourth-order valence-electron chi connectivity index (χ4n) is 1.68. The lowest BCUT2D eigenvalue weighted by atomic mass is 10.2. The minimum atomic E-state index is -0.355. The Morgan fingerprint density at radius 3 is 2.60 bits per heavy atom. The molecule has 0 aliphatic carbocycles. The molecule has 2 amide bonds. The molecule has 2 aromatic carbocycles. The molecule has 4 nitrogen and oxygen atoms in total. The van der Waals surface area contributed by atoms with Gasteiger partial charge >= 0.3 is 6.03 Å². The van der Waals surface area contributed by atoms with Crippen LogP contribution >= 0.6 is 23.2 Å². The van der Waals surface area contributed by atoms with Crippen molar-refractivity contribution in [1.29, 1.82) is 0 Å². The first-order chi connectivity index (χ1) is 9.49. The highest BCUT2D eigenvalue weighted by molar-refractivity contribution is 6.34. The third-order valence-electron chi connectivity index (χ3n) is 2.77. The maximum Gasteiger partial charge on any atom is 0.326 e. The lowest BCUT2D eigenvalue weighted by Crippen LogP contribution is -2.31. The molecule has 3 N–H and O–H groups in total. The van der Waals surface area contributed by atoms with Crippen LogP contribution in [0.3, 0.4) is 0 Å². The van der Waals surface area contributed by atoms with Gasteiger partial charge in [-0.3, -0.25) is 4.90 Å². The van der Waals surface area contributed by atoms with Gasteiger partial charge in [0.25, 0.3) is 0 Å². The van der Waals surface area contributed by atoms with E-state index in [2.05, 4.69) is 5.32 Å². The van der Waals surface area contributed by atoms with E-state index in [0.717, 1.165) is 0 Å². The van der Waals surface area contributed by atoms with Crippen LogP contribution in [0.5, 0.6) is 0 Å². The summed E-state index contributed by atoms with van der Waals surface area (Å²) in [6.07, 6.45) is 0.